The summed E-state index contributed by atoms with van der Waals surface area (Å²) in [6.07, 6.45) is 3.44. The van der Waals surface area contributed by atoms with Crippen LogP contribution < -0.4 is 10.2 Å². The first-order valence-corrected chi connectivity index (χ1v) is 12.6. The fraction of sp³-hybridized carbons (Fsp3) is 0.273. The molecule has 1 aliphatic rings. The number of nitrogens with one attached hydrogen (secondary N) is 1. The van der Waals surface area contributed by atoms with Gasteiger partial charge >= 0.3 is 0 Å². The molecule has 1 saturated heterocycles. The van der Waals surface area contributed by atoms with Crippen molar-refractivity contribution in [3.05, 3.63) is 53.4 Å². The van der Waals surface area contributed by atoms with Gasteiger partial charge in [0.25, 0.3) is 0 Å². The topological polar surface area (TPSA) is 104 Å². The van der Waals surface area contributed by atoms with Gasteiger partial charge in [-0.3, -0.25) is 5.43 Å². The Kier molecular flexibility index (Phi) is 6.73. The van der Waals surface area contributed by atoms with Crippen molar-refractivity contribution in [1.82, 2.24) is 9.29 Å². The van der Waals surface area contributed by atoms with E-state index in [-0.39, 0.29) is 5.75 Å². The van der Waals surface area contributed by atoms with Crippen molar-refractivity contribution in [3.63, 3.8) is 0 Å². The number of hydrogen-bond donors (Lipinski definition) is 2. The van der Waals surface area contributed by atoms with Crippen LogP contribution in [0.2, 0.25) is 0 Å². The van der Waals surface area contributed by atoms with E-state index in [4.69, 9.17) is 4.74 Å². The molecule has 0 radical (unpaired) electrons. The molecular formula is C22H24N4O4S2. The highest BCUT2D eigenvalue weighted by Gasteiger charge is 2.27. The zero-order valence-corrected chi connectivity index (χ0v) is 19.2. The van der Waals surface area contributed by atoms with E-state index >= 15 is 0 Å². The average molecular weight is 473 g/mol. The monoisotopic (exact) mass is 472 g/mol. The molecule has 0 spiro atoms. The fourth-order valence-corrected chi connectivity index (χ4v) is 5.56. The van der Waals surface area contributed by atoms with Gasteiger partial charge in [-0.1, -0.05) is 12.1 Å². The normalized spacial score (nSPS) is 14.8. The summed E-state index contributed by atoms with van der Waals surface area (Å²) in [4.78, 5) is 4.82. The Morgan fingerprint density at radius 2 is 1.97 bits per heavy atom. The summed E-state index contributed by atoms with van der Waals surface area (Å²) in [6, 6.07) is 11.8. The molecule has 1 aliphatic heterocycles. The number of nitrogens with zero attached hydrogens (tertiary/aromatic N) is 3. The average Bonchev–Trinajstić information content (AvgIpc) is 3.49. The highest BCUT2D eigenvalue weighted by atomic mass is 32.2. The van der Waals surface area contributed by atoms with E-state index in [0.717, 1.165) is 29.7 Å². The van der Waals surface area contributed by atoms with Crippen LogP contribution in [-0.4, -0.2) is 48.7 Å². The molecule has 168 valence electrons. The number of rotatable bonds is 8. The molecule has 0 saturated carbocycles. The molecule has 10 heteroatoms. The summed E-state index contributed by atoms with van der Waals surface area (Å²) in [7, 11) is -3.42. The Bertz CT molecular complexity index is 1200. The Balaban J connectivity index is 1.41. The van der Waals surface area contributed by atoms with Crippen molar-refractivity contribution >= 4 is 32.7 Å². The van der Waals surface area contributed by atoms with Crippen molar-refractivity contribution in [2.45, 2.75) is 24.7 Å². The predicted molar refractivity (Wildman–Crippen MR) is 126 cm³/mol. The minimum Gasteiger partial charge on any atom is -0.504 e. The summed E-state index contributed by atoms with van der Waals surface area (Å²) < 4.78 is 32.2. The maximum Gasteiger partial charge on any atom is 0.243 e. The Morgan fingerprint density at radius 3 is 2.69 bits per heavy atom. The third-order valence-electron chi connectivity index (χ3n) is 5.01. The second-order valence-corrected chi connectivity index (χ2v) is 10.00. The van der Waals surface area contributed by atoms with E-state index in [1.807, 2.05) is 12.3 Å². The van der Waals surface area contributed by atoms with Gasteiger partial charge in [-0.15, -0.1) is 11.3 Å². The molecule has 1 fully saturated rings. The van der Waals surface area contributed by atoms with Crippen molar-refractivity contribution < 1.29 is 18.3 Å². The standard InChI is InChI=1S/C22H24N4O4S2/c1-2-30-21-13-16(5-10-20(21)27)14-23-25-22-24-19(15-31-22)17-6-8-18(9-7-17)32(28,29)26-11-3-4-12-26/h5-10,13-15,27H,2-4,11-12H2,1H3,(H,24,25)/b23-14+. The highest BCUT2D eigenvalue weighted by molar-refractivity contribution is 7.89. The van der Waals surface area contributed by atoms with Crippen molar-refractivity contribution in [1.29, 1.82) is 0 Å². The van der Waals surface area contributed by atoms with Crippen LogP contribution in [0.3, 0.4) is 0 Å². The molecule has 8 nitrogen and oxygen atoms in total. The number of sulfonamides is 1. The van der Waals surface area contributed by atoms with Gasteiger partial charge in [0.15, 0.2) is 11.5 Å². The number of aromatic hydroxyl groups is 1. The van der Waals surface area contributed by atoms with Crippen LogP contribution in [0.5, 0.6) is 11.5 Å². The molecule has 2 aromatic carbocycles. The van der Waals surface area contributed by atoms with Crippen LogP contribution >= 0.6 is 11.3 Å². The molecule has 3 aromatic rings. The first-order valence-electron chi connectivity index (χ1n) is 10.3. The van der Waals surface area contributed by atoms with Gasteiger partial charge in [-0.25, -0.2) is 13.4 Å². The lowest BCUT2D eigenvalue weighted by Gasteiger charge is -2.15. The Labute approximate surface area is 191 Å². The van der Waals surface area contributed by atoms with Crippen LogP contribution in [0.1, 0.15) is 25.3 Å². The van der Waals surface area contributed by atoms with Gasteiger partial charge in [0.05, 0.1) is 23.4 Å². The predicted octanol–water partition coefficient (Wildman–Crippen LogP) is 4.14. The molecule has 4 rings (SSSR count). The van der Waals surface area contributed by atoms with Crippen molar-refractivity contribution in [3.8, 4) is 22.8 Å². The van der Waals surface area contributed by atoms with Crippen molar-refractivity contribution in [2.24, 2.45) is 5.10 Å². The largest absolute Gasteiger partial charge is 0.504 e. The van der Waals surface area contributed by atoms with E-state index < -0.39 is 10.0 Å². The number of aromatic nitrogens is 1. The summed E-state index contributed by atoms with van der Waals surface area (Å²) in [5.41, 5.74) is 5.23. The first-order chi connectivity index (χ1) is 15.5. The number of benzene rings is 2. The number of anilines is 1. The third kappa shape index (κ3) is 4.93. The molecule has 0 unspecified atom stereocenters. The lowest BCUT2D eigenvalue weighted by molar-refractivity contribution is 0.318. The number of ether oxygens (including phenoxy) is 1. The second-order valence-electron chi connectivity index (χ2n) is 7.20. The van der Waals surface area contributed by atoms with E-state index in [1.165, 1.54) is 15.6 Å². The van der Waals surface area contributed by atoms with Crippen LogP contribution in [0.25, 0.3) is 11.3 Å². The molecule has 2 heterocycles. The van der Waals surface area contributed by atoms with Crippen LogP contribution in [0, 0.1) is 0 Å². The summed E-state index contributed by atoms with van der Waals surface area (Å²) in [5, 5.41) is 16.4. The minimum atomic E-state index is -3.42. The van der Waals surface area contributed by atoms with E-state index in [9.17, 15) is 13.5 Å². The highest BCUT2D eigenvalue weighted by Crippen LogP contribution is 2.28. The maximum atomic E-state index is 12.7. The summed E-state index contributed by atoms with van der Waals surface area (Å²) in [6.45, 7) is 3.48. The minimum absolute atomic E-state index is 0.0840. The van der Waals surface area contributed by atoms with Gasteiger partial charge in [-0.2, -0.15) is 9.41 Å². The molecular weight excluding hydrogens is 448 g/mol. The lowest BCUT2D eigenvalue weighted by Crippen LogP contribution is -2.27. The first kappa shape index (κ1) is 22.3. The number of hydrazone groups is 1. The van der Waals surface area contributed by atoms with E-state index in [1.54, 1.807) is 48.7 Å². The van der Waals surface area contributed by atoms with Gasteiger partial charge in [0, 0.05) is 24.0 Å². The molecule has 32 heavy (non-hydrogen) atoms. The van der Waals surface area contributed by atoms with Gasteiger partial charge < -0.3 is 9.84 Å². The second kappa shape index (κ2) is 9.68. The zero-order valence-electron chi connectivity index (χ0n) is 17.6. The summed E-state index contributed by atoms with van der Waals surface area (Å²) in [5.74, 6) is 0.490. The zero-order chi connectivity index (χ0) is 22.6. The quantitative estimate of drug-likeness (QED) is 0.377. The number of hydrogen-bond acceptors (Lipinski definition) is 8. The van der Waals surface area contributed by atoms with E-state index in [0.29, 0.717) is 35.5 Å². The molecule has 0 atom stereocenters. The third-order valence-corrected chi connectivity index (χ3v) is 7.67. The number of thiazole rings is 1. The molecule has 0 bridgehead atoms. The fourth-order valence-electron chi connectivity index (χ4n) is 3.38. The van der Waals surface area contributed by atoms with Crippen molar-refractivity contribution in [2.75, 3.05) is 25.1 Å². The smallest absolute Gasteiger partial charge is 0.243 e. The van der Waals surface area contributed by atoms with Crippen LogP contribution in [0.4, 0.5) is 5.13 Å². The SMILES string of the molecule is CCOc1cc(/C=N/Nc2nc(-c3ccc(S(=O)(=O)N4CCCC4)cc3)cs2)ccc1O. The Morgan fingerprint density at radius 1 is 1.22 bits per heavy atom. The number of phenols is 1. The molecule has 0 aliphatic carbocycles. The number of phenolic OH excluding ortho intramolecular Hbond substituents is 1. The summed E-state index contributed by atoms with van der Waals surface area (Å²) >= 11 is 1.40. The molecule has 0 amide bonds. The van der Waals surface area contributed by atoms with Gasteiger partial charge in [0.2, 0.25) is 15.2 Å². The molecule has 2 N–H and O–H groups in total. The van der Waals surface area contributed by atoms with Crippen LogP contribution in [-0.2, 0) is 10.0 Å². The lowest BCUT2D eigenvalue weighted by atomic mass is 10.2. The maximum absolute atomic E-state index is 12.7. The Hall–Kier alpha value is -2.95. The van der Waals surface area contributed by atoms with Crippen LogP contribution in [0.15, 0.2) is 57.8 Å². The molecule has 1 aromatic heterocycles. The van der Waals surface area contributed by atoms with Gasteiger partial charge in [0.1, 0.15) is 0 Å². The van der Waals surface area contributed by atoms with E-state index in [2.05, 4.69) is 15.5 Å². The van der Waals surface area contributed by atoms with Gasteiger partial charge in [-0.05, 0) is 55.7 Å².